The number of nitrogens with zero attached hydrogens (tertiary/aromatic N) is 8. The highest BCUT2D eigenvalue weighted by atomic mass is 16.8. The Morgan fingerprint density at radius 1 is 0.915 bits per heavy atom. The van der Waals surface area contributed by atoms with Crippen molar-refractivity contribution in [1.82, 2.24) is 34.7 Å². The maximum atomic E-state index is 12.8. The molecule has 13 heteroatoms. The third-order valence-corrected chi connectivity index (χ3v) is 9.78. The molecular weight excluding hydrogens is 598 g/mol. The predicted molar refractivity (Wildman–Crippen MR) is 178 cm³/mol. The van der Waals surface area contributed by atoms with Crippen molar-refractivity contribution in [3.63, 3.8) is 0 Å². The van der Waals surface area contributed by atoms with Crippen LogP contribution in [0.5, 0.6) is 5.75 Å². The fourth-order valence-corrected chi connectivity index (χ4v) is 6.83. The topological polar surface area (TPSA) is 117 Å². The van der Waals surface area contributed by atoms with Gasteiger partial charge < -0.3 is 29.3 Å². The number of rotatable bonds is 11. The summed E-state index contributed by atoms with van der Waals surface area (Å²) in [6, 6.07) is 16.6. The Hall–Kier alpha value is -4.20. The van der Waals surface area contributed by atoms with Crippen molar-refractivity contribution < 1.29 is 14.2 Å². The fraction of sp³-hybridized carbons (Fsp3) is 0.529. The van der Waals surface area contributed by atoms with Crippen LogP contribution in [-0.4, -0.2) is 93.7 Å². The van der Waals surface area contributed by atoms with Crippen molar-refractivity contribution in [2.24, 2.45) is 5.92 Å². The molecule has 3 aliphatic rings. The van der Waals surface area contributed by atoms with Gasteiger partial charge >= 0.3 is 5.69 Å². The lowest BCUT2D eigenvalue weighted by Crippen LogP contribution is -2.48. The molecule has 0 bridgehead atoms. The van der Waals surface area contributed by atoms with Gasteiger partial charge in [0.05, 0.1) is 30.7 Å². The van der Waals surface area contributed by atoms with E-state index in [0.29, 0.717) is 19.8 Å². The van der Waals surface area contributed by atoms with Crippen LogP contribution >= 0.6 is 0 Å². The molecule has 47 heavy (non-hydrogen) atoms. The van der Waals surface area contributed by atoms with Crippen LogP contribution in [0.4, 0.5) is 11.4 Å². The van der Waals surface area contributed by atoms with Crippen LogP contribution in [0.25, 0.3) is 5.69 Å². The van der Waals surface area contributed by atoms with Crippen molar-refractivity contribution in [1.29, 1.82) is 0 Å². The molecule has 3 unspecified atom stereocenters. The molecule has 0 spiro atoms. The van der Waals surface area contributed by atoms with Crippen molar-refractivity contribution in [2.75, 3.05) is 62.3 Å². The lowest BCUT2D eigenvalue weighted by atomic mass is 9.89. The summed E-state index contributed by atoms with van der Waals surface area (Å²) in [6.07, 6.45) is 7.66. The van der Waals surface area contributed by atoms with E-state index in [4.69, 9.17) is 14.2 Å². The molecule has 13 nitrogen and oxygen atoms in total. The van der Waals surface area contributed by atoms with Crippen LogP contribution < -0.4 is 25.5 Å². The summed E-state index contributed by atoms with van der Waals surface area (Å²) in [5, 5.41) is 16.4. The van der Waals surface area contributed by atoms with E-state index < -0.39 is 5.79 Å². The molecule has 2 aromatic carbocycles. The van der Waals surface area contributed by atoms with Gasteiger partial charge in [0.15, 0.2) is 5.79 Å². The Kier molecular flexibility index (Phi) is 9.27. The molecule has 2 aromatic heterocycles. The van der Waals surface area contributed by atoms with E-state index in [2.05, 4.69) is 61.6 Å². The summed E-state index contributed by atoms with van der Waals surface area (Å²) < 4.78 is 22.3. The van der Waals surface area contributed by atoms with E-state index >= 15 is 0 Å². The standard InChI is InChI=1S/C34H45N9O4/c1-3-26(2)43-33(44)41(25-38-43)30-6-4-28(5-7-30)39-18-20-40(21-19-39)29-8-10-31(11-9-29)45-22-32-23-46-34(47-32,24-42-36-16-17-37-42)27-12-14-35-15-13-27/h4-11,16-17,25-27,32,35H,3,12-15,18-24H2,1-2H3. The second kappa shape index (κ2) is 13.9. The summed E-state index contributed by atoms with van der Waals surface area (Å²) >= 11 is 0. The number of hydrogen-bond acceptors (Lipinski definition) is 10. The summed E-state index contributed by atoms with van der Waals surface area (Å²) in [7, 11) is 0. The van der Waals surface area contributed by atoms with Gasteiger partial charge in [-0.2, -0.15) is 20.1 Å². The third-order valence-electron chi connectivity index (χ3n) is 9.78. The highest BCUT2D eigenvalue weighted by Crippen LogP contribution is 2.38. The van der Waals surface area contributed by atoms with Crippen LogP contribution in [0.1, 0.15) is 39.2 Å². The van der Waals surface area contributed by atoms with Gasteiger partial charge in [-0.1, -0.05) is 6.92 Å². The maximum Gasteiger partial charge on any atom is 0.350 e. The molecule has 3 atom stereocenters. The zero-order valence-corrected chi connectivity index (χ0v) is 27.3. The van der Waals surface area contributed by atoms with E-state index in [0.717, 1.165) is 75.7 Å². The highest BCUT2D eigenvalue weighted by Gasteiger charge is 2.49. The number of aromatic nitrogens is 6. The van der Waals surface area contributed by atoms with E-state index in [1.54, 1.807) is 32.8 Å². The fourth-order valence-electron chi connectivity index (χ4n) is 6.83. The van der Waals surface area contributed by atoms with E-state index in [1.807, 2.05) is 31.2 Å². The molecule has 250 valence electrons. The second-order valence-corrected chi connectivity index (χ2v) is 12.7. The highest BCUT2D eigenvalue weighted by molar-refractivity contribution is 5.54. The Balaban J connectivity index is 0.902. The zero-order valence-electron chi connectivity index (χ0n) is 27.3. The smallest absolute Gasteiger partial charge is 0.350 e. The Morgan fingerprint density at radius 3 is 2.17 bits per heavy atom. The second-order valence-electron chi connectivity index (χ2n) is 12.7. The number of piperidine rings is 1. The normalized spacial score (nSPS) is 22.9. The first kappa shape index (κ1) is 31.4. The molecule has 0 saturated carbocycles. The van der Waals surface area contributed by atoms with Crippen molar-refractivity contribution in [3.8, 4) is 11.4 Å². The molecule has 3 aliphatic heterocycles. The number of piperazine rings is 1. The van der Waals surface area contributed by atoms with Crippen molar-refractivity contribution in [3.05, 3.63) is 77.7 Å². The Morgan fingerprint density at radius 2 is 1.53 bits per heavy atom. The summed E-state index contributed by atoms with van der Waals surface area (Å²) in [5.74, 6) is 0.355. The van der Waals surface area contributed by atoms with Crippen LogP contribution in [0.3, 0.4) is 0 Å². The SMILES string of the molecule is CCC(C)n1ncn(-c2ccc(N3CCN(c4ccc(OCC5COC(Cn6nccn6)(C6CCNCC6)O5)cc4)CC3)cc2)c1=O. The van der Waals surface area contributed by atoms with Crippen LogP contribution in [0, 0.1) is 5.92 Å². The number of ether oxygens (including phenoxy) is 3. The van der Waals surface area contributed by atoms with E-state index in [9.17, 15) is 4.79 Å². The molecule has 0 radical (unpaired) electrons. The van der Waals surface area contributed by atoms with Crippen molar-refractivity contribution in [2.45, 2.75) is 57.6 Å². The summed E-state index contributed by atoms with van der Waals surface area (Å²) in [4.78, 5) is 19.2. The minimum Gasteiger partial charge on any atom is -0.491 e. The van der Waals surface area contributed by atoms with Gasteiger partial charge in [-0.05, 0) is 87.8 Å². The lowest BCUT2D eigenvalue weighted by molar-refractivity contribution is -0.223. The number of anilines is 2. The number of nitrogens with one attached hydrogen (secondary N) is 1. The molecular formula is C34H45N9O4. The van der Waals surface area contributed by atoms with Crippen molar-refractivity contribution >= 4 is 11.4 Å². The Labute approximate surface area is 275 Å². The molecule has 7 rings (SSSR count). The van der Waals surface area contributed by atoms with Gasteiger partial charge in [-0.15, -0.1) is 0 Å². The van der Waals surface area contributed by atoms with Gasteiger partial charge in [0.2, 0.25) is 0 Å². The largest absolute Gasteiger partial charge is 0.491 e. The molecule has 5 heterocycles. The molecule has 0 amide bonds. The first-order valence-electron chi connectivity index (χ1n) is 16.9. The zero-order chi connectivity index (χ0) is 32.2. The Bertz CT molecular complexity index is 1630. The molecule has 0 aliphatic carbocycles. The molecule has 1 N–H and O–H groups in total. The number of hydrogen-bond donors (Lipinski definition) is 1. The average Bonchev–Trinajstić information content (AvgIpc) is 3.89. The first-order valence-corrected chi connectivity index (χ1v) is 16.9. The van der Waals surface area contributed by atoms with Gasteiger partial charge in [0, 0.05) is 43.5 Å². The van der Waals surface area contributed by atoms with Crippen LogP contribution in [0.15, 0.2) is 72.0 Å². The minimum atomic E-state index is -0.736. The maximum absolute atomic E-state index is 12.8. The number of benzene rings is 2. The lowest BCUT2D eigenvalue weighted by Gasteiger charge is -2.38. The third kappa shape index (κ3) is 6.78. The quantitative estimate of drug-likeness (QED) is 0.261. The molecule has 3 fully saturated rings. The first-order chi connectivity index (χ1) is 23.0. The van der Waals surface area contributed by atoms with Crippen LogP contribution in [0.2, 0.25) is 0 Å². The van der Waals surface area contributed by atoms with Crippen LogP contribution in [-0.2, 0) is 16.0 Å². The van der Waals surface area contributed by atoms with E-state index in [-0.39, 0.29) is 23.8 Å². The molecule has 4 aromatic rings. The average molecular weight is 644 g/mol. The van der Waals surface area contributed by atoms with Gasteiger partial charge in [0.1, 0.15) is 31.3 Å². The minimum absolute atomic E-state index is 0.0756. The molecule has 3 saturated heterocycles. The predicted octanol–water partition coefficient (Wildman–Crippen LogP) is 3.11. The van der Waals surface area contributed by atoms with Gasteiger partial charge in [0.25, 0.3) is 0 Å². The van der Waals surface area contributed by atoms with E-state index in [1.165, 1.54) is 5.69 Å². The summed E-state index contributed by atoms with van der Waals surface area (Å²) in [6.45, 7) is 11.0. The summed E-state index contributed by atoms with van der Waals surface area (Å²) in [5.41, 5.74) is 3.06. The monoisotopic (exact) mass is 643 g/mol. The van der Waals surface area contributed by atoms with Gasteiger partial charge in [-0.3, -0.25) is 0 Å². The van der Waals surface area contributed by atoms with Gasteiger partial charge in [-0.25, -0.2) is 14.0 Å².